The van der Waals surface area contributed by atoms with Crippen LogP contribution in [0.25, 0.3) is 0 Å². The quantitative estimate of drug-likeness (QED) is 0.856. The molecule has 1 saturated heterocycles. The van der Waals surface area contributed by atoms with Gasteiger partial charge in [-0.1, -0.05) is 25.1 Å². The fourth-order valence-electron chi connectivity index (χ4n) is 2.79. The average Bonchev–Trinajstić information content (AvgIpc) is 2.48. The average molecular weight is 263 g/mol. The second kappa shape index (κ2) is 7.51. The molecule has 3 nitrogen and oxygen atoms in total. The first kappa shape index (κ1) is 14.4. The van der Waals surface area contributed by atoms with E-state index in [0.29, 0.717) is 12.1 Å². The van der Waals surface area contributed by atoms with Crippen molar-refractivity contribution in [2.45, 2.75) is 44.8 Å². The molecule has 2 atom stereocenters. The van der Waals surface area contributed by atoms with Crippen LogP contribution < -0.4 is 10.1 Å². The van der Waals surface area contributed by atoms with Crippen molar-refractivity contribution < 1.29 is 9.47 Å². The van der Waals surface area contributed by atoms with E-state index in [1.165, 1.54) is 18.4 Å². The molecule has 106 valence electrons. The van der Waals surface area contributed by atoms with Crippen molar-refractivity contribution >= 4 is 0 Å². The lowest BCUT2D eigenvalue weighted by Gasteiger charge is -2.31. The van der Waals surface area contributed by atoms with Crippen LogP contribution in [0.1, 0.15) is 31.7 Å². The number of para-hydroxylation sites is 1. The summed E-state index contributed by atoms with van der Waals surface area (Å²) in [4.78, 5) is 0. The Kier molecular flexibility index (Phi) is 5.67. The van der Waals surface area contributed by atoms with Crippen LogP contribution in [0.4, 0.5) is 0 Å². The molecule has 0 amide bonds. The fourth-order valence-corrected chi connectivity index (χ4v) is 2.79. The van der Waals surface area contributed by atoms with Crippen molar-refractivity contribution in [3.63, 3.8) is 0 Å². The standard InChI is InChI=1S/C16H25NO2/c1-3-17-14(16-10-6-7-11-19-16)12-13-8-4-5-9-15(13)18-2/h4-5,8-9,14,16-17H,3,6-7,10-12H2,1-2H3. The number of ether oxygens (including phenoxy) is 2. The van der Waals surface area contributed by atoms with Gasteiger partial charge in [0.05, 0.1) is 13.2 Å². The van der Waals surface area contributed by atoms with E-state index in [-0.39, 0.29) is 0 Å². The minimum absolute atomic E-state index is 0.332. The molecule has 0 saturated carbocycles. The molecule has 0 aliphatic carbocycles. The number of benzene rings is 1. The van der Waals surface area contributed by atoms with Gasteiger partial charge in [0.15, 0.2) is 0 Å². The van der Waals surface area contributed by atoms with Crippen molar-refractivity contribution in [1.29, 1.82) is 0 Å². The molecule has 1 aliphatic heterocycles. The molecular weight excluding hydrogens is 238 g/mol. The van der Waals surface area contributed by atoms with Crippen LogP contribution in [0.5, 0.6) is 5.75 Å². The first-order chi connectivity index (χ1) is 9.35. The number of rotatable bonds is 6. The van der Waals surface area contributed by atoms with E-state index in [0.717, 1.165) is 31.7 Å². The van der Waals surface area contributed by atoms with Crippen molar-refractivity contribution in [3.8, 4) is 5.75 Å². The number of likely N-dealkylation sites (N-methyl/N-ethyl adjacent to an activating group) is 1. The van der Waals surface area contributed by atoms with Crippen molar-refractivity contribution in [2.24, 2.45) is 0 Å². The zero-order valence-corrected chi connectivity index (χ0v) is 12.0. The summed E-state index contributed by atoms with van der Waals surface area (Å²) in [5, 5.41) is 3.57. The molecule has 0 aromatic heterocycles. The second-order valence-electron chi connectivity index (χ2n) is 5.09. The lowest BCUT2D eigenvalue weighted by molar-refractivity contribution is -0.00717. The van der Waals surface area contributed by atoms with E-state index in [2.05, 4.69) is 24.4 Å². The van der Waals surface area contributed by atoms with Gasteiger partial charge in [0.2, 0.25) is 0 Å². The van der Waals surface area contributed by atoms with Crippen molar-refractivity contribution in [2.75, 3.05) is 20.3 Å². The lowest BCUT2D eigenvalue weighted by Crippen LogP contribution is -2.44. The highest BCUT2D eigenvalue weighted by atomic mass is 16.5. The minimum atomic E-state index is 0.332. The van der Waals surface area contributed by atoms with E-state index >= 15 is 0 Å². The van der Waals surface area contributed by atoms with E-state index in [1.807, 2.05) is 12.1 Å². The maximum absolute atomic E-state index is 5.94. The highest BCUT2D eigenvalue weighted by Crippen LogP contribution is 2.23. The lowest BCUT2D eigenvalue weighted by atomic mass is 9.95. The maximum Gasteiger partial charge on any atom is 0.122 e. The molecule has 19 heavy (non-hydrogen) atoms. The Morgan fingerprint density at radius 1 is 1.37 bits per heavy atom. The Morgan fingerprint density at radius 3 is 2.89 bits per heavy atom. The van der Waals surface area contributed by atoms with Gasteiger partial charge < -0.3 is 14.8 Å². The van der Waals surface area contributed by atoms with Crippen molar-refractivity contribution in [3.05, 3.63) is 29.8 Å². The van der Waals surface area contributed by atoms with Crippen LogP contribution in [0, 0.1) is 0 Å². The number of nitrogens with one attached hydrogen (secondary N) is 1. The first-order valence-electron chi connectivity index (χ1n) is 7.32. The van der Waals surface area contributed by atoms with Gasteiger partial charge in [-0.05, 0) is 43.9 Å². The van der Waals surface area contributed by atoms with E-state index in [4.69, 9.17) is 9.47 Å². The monoisotopic (exact) mass is 263 g/mol. The van der Waals surface area contributed by atoms with Crippen LogP contribution in [0.2, 0.25) is 0 Å². The Balaban J connectivity index is 2.06. The Hall–Kier alpha value is -1.06. The van der Waals surface area contributed by atoms with E-state index < -0.39 is 0 Å². The molecule has 1 aliphatic rings. The highest BCUT2D eigenvalue weighted by molar-refractivity contribution is 5.34. The predicted octanol–water partition coefficient (Wildman–Crippen LogP) is 2.78. The van der Waals surface area contributed by atoms with Crippen LogP contribution in [0.15, 0.2) is 24.3 Å². The third kappa shape index (κ3) is 3.95. The van der Waals surface area contributed by atoms with Crippen LogP contribution in [0.3, 0.4) is 0 Å². The van der Waals surface area contributed by atoms with Crippen LogP contribution in [-0.2, 0) is 11.2 Å². The van der Waals surface area contributed by atoms with E-state index in [1.54, 1.807) is 7.11 Å². The summed E-state index contributed by atoms with van der Waals surface area (Å²) in [6.07, 6.45) is 4.93. The molecule has 2 rings (SSSR count). The summed E-state index contributed by atoms with van der Waals surface area (Å²) >= 11 is 0. The summed E-state index contributed by atoms with van der Waals surface area (Å²) in [5.41, 5.74) is 1.25. The molecule has 0 radical (unpaired) electrons. The van der Waals surface area contributed by atoms with Crippen LogP contribution >= 0.6 is 0 Å². The van der Waals surface area contributed by atoms with E-state index in [9.17, 15) is 0 Å². The molecule has 1 aromatic rings. The molecule has 1 aromatic carbocycles. The Labute approximate surface area is 116 Å². The van der Waals surface area contributed by atoms with Crippen molar-refractivity contribution in [1.82, 2.24) is 5.32 Å². The Bertz CT molecular complexity index is 375. The smallest absolute Gasteiger partial charge is 0.122 e. The summed E-state index contributed by atoms with van der Waals surface area (Å²) in [6, 6.07) is 8.64. The second-order valence-corrected chi connectivity index (χ2v) is 5.09. The highest BCUT2D eigenvalue weighted by Gasteiger charge is 2.24. The molecule has 1 N–H and O–H groups in total. The normalized spacial score (nSPS) is 21.1. The predicted molar refractivity (Wildman–Crippen MR) is 77.8 cm³/mol. The number of methoxy groups -OCH3 is 1. The molecule has 1 fully saturated rings. The van der Waals surface area contributed by atoms with Gasteiger partial charge in [0.25, 0.3) is 0 Å². The molecule has 3 heteroatoms. The summed E-state index contributed by atoms with van der Waals surface area (Å²) in [6.45, 7) is 4.02. The summed E-state index contributed by atoms with van der Waals surface area (Å²) < 4.78 is 11.4. The molecule has 0 bridgehead atoms. The molecular formula is C16H25NO2. The third-order valence-electron chi connectivity index (χ3n) is 3.76. The molecule has 0 spiro atoms. The minimum Gasteiger partial charge on any atom is -0.496 e. The van der Waals surface area contributed by atoms with Gasteiger partial charge in [-0.15, -0.1) is 0 Å². The fraction of sp³-hybridized carbons (Fsp3) is 0.625. The molecule has 2 unspecified atom stereocenters. The van der Waals surface area contributed by atoms with Gasteiger partial charge in [0, 0.05) is 12.6 Å². The zero-order chi connectivity index (χ0) is 13.5. The molecule has 1 heterocycles. The maximum atomic E-state index is 5.94. The van der Waals surface area contributed by atoms with Crippen LogP contribution in [-0.4, -0.2) is 32.4 Å². The third-order valence-corrected chi connectivity index (χ3v) is 3.76. The summed E-state index contributed by atoms with van der Waals surface area (Å²) in [7, 11) is 1.73. The largest absolute Gasteiger partial charge is 0.496 e. The number of hydrogen-bond donors (Lipinski definition) is 1. The van der Waals surface area contributed by atoms with Gasteiger partial charge in [0.1, 0.15) is 5.75 Å². The Morgan fingerprint density at radius 2 is 2.21 bits per heavy atom. The topological polar surface area (TPSA) is 30.5 Å². The first-order valence-corrected chi connectivity index (χ1v) is 7.32. The van der Waals surface area contributed by atoms with Gasteiger partial charge in [-0.25, -0.2) is 0 Å². The van der Waals surface area contributed by atoms with Gasteiger partial charge >= 0.3 is 0 Å². The summed E-state index contributed by atoms with van der Waals surface area (Å²) in [5.74, 6) is 0.973. The van der Waals surface area contributed by atoms with Gasteiger partial charge in [-0.3, -0.25) is 0 Å². The van der Waals surface area contributed by atoms with Gasteiger partial charge in [-0.2, -0.15) is 0 Å². The zero-order valence-electron chi connectivity index (χ0n) is 12.0. The number of hydrogen-bond acceptors (Lipinski definition) is 3. The SMILES string of the molecule is CCNC(Cc1ccccc1OC)C1CCCCO1.